The van der Waals surface area contributed by atoms with E-state index < -0.39 is 0 Å². The molecule has 1 amide bonds. The van der Waals surface area contributed by atoms with Crippen LogP contribution in [-0.2, 0) is 4.79 Å². The molecule has 1 aliphatic heterocycles. The molecule has 1 heterocycles. The van der Waals surface area contributed by atoms with Crippen molar-refractivity contribution in [2.24, 2.45) is 11.7 Å². The third-order valence-corrected chi connectivity index (χ3v) is 4.24. The second-order valence-corrected chi connectivity index (χ2v) is 5.69. The highest BCUT2D eigenvalue weighted by Crippen LogP contribution is 2.27. The minimum absolute atomic E-state index is 0.0649. The maximum atomic E-state index is 11.8. The summed E-state index contributed by atoms with van der Waals surface area (Å²) in [6.07, 6.45) is 1.98. The van der Waals surface area contributed by atoms with Crippen LogP contribution in [0.4, 0.5) is 0 Å². The number of nitrogens with two attached hydrogens (primary N) is 1. The predicted octanol–water partition coefficient (Wildman–Crippen LogP) is 1.80. The third-order valence-electron chi connectivity index (χ3n) is 3.99. The van der Waals surface area contributed by atoms with Crippen LogP contribution in [0.2, 0.25) is 5.02 Å². The maximum Gasteiger partial charge on any atom is 0.224 e. The van der Waals surface area contributed by atoms with E-state index in [-0.39, 0.29) is 17.9 Å². The summed E-state index contributed by atoms with van der Waals surface area (Å²) in [5.74, 6) is 0.191. The molecule has 2 unspecified atom stereocenters. The molecule has 4 nitrogen and oxygen atoms in total. The Morgan fingerprint density at radius 1 is 1.50 bits per heavy atom. The molecule has 110 valence electrons. The Hall–Kier alpha value is -1.10. The average molecular weight is 296 g/mol. The molecule has 1 fully saturated rings. The Kier molecular flexibility index (Phi) is 5.40. The lowest BCUT2D eigenvalue weighted by atomic mass is 9.94. The lowest BCUT2D eigenvalue weighted by molar-refractivity contribution is -0.126. The molecule has 1 saturated heterocycles. The molecule has 1 aromatic carbocycles. The summed E-state index contributed by atoms with van der Waals surface area (Å²) in [4.78, 5) is 14.1. The molecular formula is C15H22ClN3O. The smallest absolute Gasteiger partial charge is 0.224 e. The van der Waals surface area contributed by atoms with Crippen molar-refractivity contribution in [3.05, 3.63) is 34.9 Å². The van der Waals surface area contributed by atoms with Gasteiger partial charge < -0.3 is 11.1 Å². The molecule has 0 radical (unpaired) electrons. The van der Waals surface area contributed by atoms with Crippen molar-refractivity contribution in [3.8, 4) is 0 Å². The standard InChI is InChI=1S/C15H22ClN3O/c1-18-15(20)12-3-2-8-19(10-12)14(9-17)11-4-6-13(16)7-5-11/h4-7,12,14H,2-3,8-10,17H2,1H3,(H,18,20). The molecule has 0 bridgehead atoms. The Balaban J connectivity index is 2.10. The number of nitrogens with zero attached hydrogens (tertiary/aromatic N) is 1. The van der Waals surface area contributed by atoms with E-state index in [4.69, 9.17) is 17.3 Å². The van der Waals surface area contributed by atoms with E-state index in [1.54, 1.807) is 7.05 Å². The Bertz CT molecular complexity index is 449. The van der Waals surface area contributed by atoms with Gasteiger partial charge in [0.2, 0.25) is 5.91 Å². The van der Waals surface area contributed by atoms with Crippen LogP contribution in [0.15, 0.2) is 24.3 Å². The Morgan fingerprint density at radius 2 is 2.20 bits per heavy atom. The molecule has 0 aromatic heterocycles. The summed E-state index contributed by atoms with van der Waals surface area (Å²) in [5, 5.41) is 3.47. The Labute approximate surface area is 125 Å². The number of halogens is 1. The number of amides is 1. The van der Waals surface area contributed by atoms with Gasteiger partial charge in [-0.3, -0.25) is 9.69 Å². The average Bonchev–Trinajstić information content (AvgIpc) is 2.49. The molecule has 0 aliphatic carbocycles. The monoisotopic (exact) mass is 295 g/mol. The first kappa shape index (κ1) is 15.3. The van der Waals surface area contributed by atoms with Gasteiger partial charge in [0.05, 0.1) is 5.92 Å². The number of rotatable bonds is 4. The summed E-state index contributed by atoms with van der Waals surface area (Å²) in [5.41, 5.74) is 7.11. The molecule has 20 heavy (non-hydrogen) atoms. The van der Waals surface area contributed by atoms with E-state index in [1.807, 2.05) is 24.3 Å². The minimum atomic E-state index is 0.0649. The summed E-state index contributed by atoms with van der Waals surface area (Å²) in [6, 6.07) is 7.96. The number of hydrogen-bond acceptors (Lipinski definition) is 3. The van der Waals surface area contributed by atoms with Gasteiger partial charge in [0.25, 0.3) is 0 Å². The molecule has 5 heteroatoms. The molecular weight excluding hydrogens is 274 g/mol. The predicted molar refractivity (Wildman–Crippen MR) is 81.6 cm³/mol. The van der Waals surface area contributed by atoms with Crippen molar-refractivity contribution in [3.63, 3.8) is 0 Å². The van der Waals surface area contributed by atoms with Gasteiger partial charge in [0.1, 0.15) is 0 Å². The van der Waals surface area contributed by atoms with E-state index in [2.05, 4.69) is 10.2 Å². The molecule has 2 atom stereocenters. The van der Waals surface area contributed by atoms with Crippen LogP contribution in [0.1, 0.15) is 24.4 Å². The second-order valence-electron chi connectivity index (χ2n) is 5.25. The normalized spacial score (nSPS) is 21.4. The summed E-state index contributed by atoms with van der Waals surface area (Å²) in [6.45, 7) is 2.30. The molecule has 3 N–H and O–H groups in total. The summed E-state index contributed by atoms with van der Waals surface area (Å²) >= 11 is 5.93. The number of piperidine rings is 1. The third kappa shape index (κ3) is 3.51. The van der Waals surface area contributed by atoms with E-state index in [0.717, 1.165) is 36.5 Å². The Morgan fingerprint density at radius 3 is 2.80 bits per heavy atom. The number of likely N-dealkylation sites (tertiary alicyclic amines) is 1. The fourth-order valence-corrected chi connectivity index (χ4v) is 3.01. The largest absolute Gasteiger partial charge is 0.359 e. The zero-order valence-electron chi connectivity index (χ0n) is 11.8. The van der Waals surface area contributed by atoms with Crippen LogP contribution in [0.25, 0.3) is 0 Å². The highest BCUT2D eigenvalue weighted by molar-refractivity contribution is 6.30. The topological polar surface area (TPSA) is 58.4 Å². The highest BCUT2D eigenvalue weighted by atomic mass is 35.5. The number of carbonyl (C=O) groups excluding carboxylic acids is 1. The van der Waals surface area contributed by atoms with Crippen LogP contribution in [-0.4, -0.2) is 37.5 Å². The van der Waals surface area contributed by atoms with Gasteiger partial charge in [-0.15, -0.1) is 0 Å². The first-order chi connectivity index (χ1) is 9.65. The van der Waals surface area contributed by atoms with Crippen molar-refractivity contribution in [2.75, 3.05) is 26.7 Å². The van der Waals surface area contributed by atoms with Gasteiger partial charge in [0, 0.05) is 31.2 Å². The molecule has 0 spiro atoms. The van der Waals surface area contributed by atoms with Crippen molar-refractivity contribution in [2.45, 2.75) is 18.9 Å². The first-order valence-electron chi connectivity index (χ1n) is 7.07. The highest BCUT2D eigenvalue weighted by Gasteiger charge is 2.29. The summed E-state index contributed by atoms with van der Waals surface area (Å²) in [7, 11) is 1.70. The van der Waals surface area contributed by atoms with Crippen LogP contribution >= 0.6 is 11.6 Å². The van der Waals surface area contributed by atoms with Crippen molar-refractivity contribution in [1.82, 2.24) is 10.2 Å². The van der Waals surface area contributed by atoms with Gasteiger partial charge >= 0.3 is 0 Å². The van der Waals surface area contributed by atoms with Crippen LogP contribution in [0, 0.1) is 5.92 Å². The zero-order chi connectivity index (χ0) is 14.5. The number of hydrogen-bond donors (Lipinski definition) is 2. The quantitative estimate of drug-likeness (QED) is 0.890. The van der Waals surface area contributed by atoms with Crippen molar-refractivity contribution >= 4 is 17.5 Å². The first-order valence-corrected chi connectivity index (χ1v) is 7.44. The van der Waals surface area contributed by atoms with Gasteiger partial charge in [-0.1, -0.05) is 23.7 Å². The fraction of sp³-hybridized carbons (Fsp3) is 0.533. The van der Waals surface area contributed by atoms with Gasteiger partial charge in [-0.25, -0.2) is 0 Å². The molecule has 1 aromatic rings. The van der Waals surface area contributed by atoms with E-state index in [9.17, 15) is 4.79 Å². The number of carbonyl (C=O) groups is 1. The molecule has 1 aliphatic rings. The van der Waals surface area contributed by atoms with Gasteiger partial charge in [-0.05, 0) is 37.1 Å². The van der Waals surface area contributed by atoms with Crippen molar-refractivity contribution in [1.29, 1.82) is 0 Å². The zero-order valence-corrected chi connectivity index (χ0v) is 12.6. The minimum Gasteiger partial charge on any atom is -0.359 e. The van der Waals surface area contributed by atoms with Crippen LogP contribution in [0.3, 0.4) is 0 Å². The second kappa shape index (κ2) is 7.07. The van der Waals surface area contributed by atoms with E-state index >= 15 is 0 Å². The molecule has 2 rings (SSSR count). The van der Waals surface area contributed by atoms with Gasteiger partial charge in [-0.2, -0.15) is 0 Å². The fourth-order valence-electron chi connectivity index (χ4n) is 2.89. The van der Waals surface area contributed by atoms with Crippen LogP contribution < -0.4 is 11.1 Å². The summed E-state index contributed by atoms with van der Waals surface area (Å²) < 4.78 is 0. The number of benzene rings is 1. The van der Waals surface area contributed by atoms with Gasteiger partial charge in [0.15, 0.2) is 0 Å². The van der Waals surface area contributed by atoms with E-state index in [1.165, 1.54) is 0 Å². The van der Waals surface area contributed by atoms with E-state index in [0.29, 0.717) is 6.54 Å². The van der Waals surface area contributed by atoms with Crippen molar-refractivity contribution < 1.29 is 4.79 Å². The van der Waals surface area contributed by atoms with Crippen LogP contribution in [0.5, 0.6) is 0 Å². The maximum absolute atomic E-state index is 11.8. The lowest BCUT2D eigenvalue weighted by Crippen LogP contribution is -2.45. The molecule has 0 saturated carbocycles. The number of nitrogens with one attached hydrogen (secondary N) is 1. The lowest BCUT2D eigenvalue weighted by Gasteiger charge is -2.37. The SMILES string of the molecule is CNC(=O)C1CCCN(C(CN)c2ccc(Cl)cc2)C1.